The molecule has 49 heavy (non-hydrogen) atoms. The summed E-state index contributed by atoms with van der Waals surface area (Å²) in [5, 5.41) is 45.8. The van der Waals surface area contributed by atoms with Crippen molar-refractivity contribution in [2.75, 3.05) is 26.2 Å². The summed E-state index contributed by atoms with van der Waals surface area (Å²) in [6.07, 6.45) is 0.342. The molecule has 0 radical (unpaired) electrons. The lowest BCUT2D eigenvalue weighted by molar-refractivity contribution is -0.137. The minimum Gasteiger partial charge on any atom is -0.394 e. The van der Waals surface area contributed by atoms with E-state index in [2.05, 4.69) is 13.0 Å². The molecule has 1 aromatic heterocycles. The summed E-state index contributed by atoms with van der Waals surface area (Å²) in [5.74, 6) is -0.832. The van der Waals surface area contributed by atoms with E-state index in [1.807, 2.05) is 41.5 Å². The number of aliphatic hydroxyl groups is 4. The van der Waals surface area contributed by atoms with Gasteiger partial charge in [-0.15, -0.1) is 11.3 Å². The Morgan fingerprint density at radius 1 is 1.10 bits per heavy atom. The molecule has 2 bridgehead atoms. The quantitative estimate of drug-likeness (QED) is 0.135. The summed E-state index contributed by atoms with van der Waals surface area (Å²) in [6, 6.07) is 14.0. The number of alkyl halides is 3. The lowest BCUT2D eigenvalue weighted by atomic mass is 9.64. The number of fused-ring (bicyclic) bond motifs is 8. The van der Waals surface area contributed by atoms with Crippen molar-refractivity contribution in [1.82, 2.24) is 4.90 Å². The van der Waals surface area contributed by atoms with Crippen molar-refractivity contribution in [3.05, 3.63) is 104 Å². The monoisotopic (exact) mass is 699 g/mol. The maximum atomic E-state index is 14.2. The molecule has 4 N–H and O–H groups in total. The molecule has 1 fully saturated rings. The number of aliphatic hydroxyl groups excluding tert-OH is 3. The number of carbonyl (C=O) groups is 1. The van der Waals surface area contributed by atoms with Crippen LogP contribution < -0.4 is 0 Å². The fraction of sp³-hybridized carbons (Fsp3) is 0.513. The van der Waals surface area contributed by atoms with Crippen molar-refractivity contribution in [2.45, 2.75) is 95.1 Å². The minimum absolute atomic E-state index is 0.0684. The predicted molar refractivity (Wildman–Crippen MR) is 186 cm³/mol. The fourth-order valence-corrected chi connectivity index (χ4v) is 8.57. The van der Waals surface area contributed by atoms with Crippen molar-refractivity contribution in [1.29, 1.82) is 0 Å². The van der Waals surface area contributed by atoms with Crippen LogP contribution in [0.2, 0.25) is 0 Å². The Bertz CT molecular complexity index is 1610. The topological polar surface area (TPSA) is 101 Å². The van der Waals surface area contributed by atoms with Gasteiger partial charge < -0.3 is 20.4 Å². The Kier molecular flexibility index (Phi) is 11.9. The number of ketones is 1. The molecule has 0 saturated heterocycles. The normalized spacial score (nSPS) is 25.6. The van der Waals surface area contributed by atoms with E-state index in [1.54, 1.807) is 17.4 Å². The van der Waals surface area contributed by atoms with E-state index in [4.69, 9.17) is 0 Å². The molecule has 2 aromatic carbocycles. The maximum absolute atomic E-state index is 14.2. The third kappa shape index (κ3) is 8.72. The third-order valence-corrected chi connectivity index (χ3v) is 11.7. The third-order valence-electron chi connectivity index (χ3n) is 10.8. The molecular formula is C39H48F3NO5S. The highest BCUT2D eigenvalue weighted by atomic mass is 32.1. The van der Waals surface area contributed by atoms with Crippen LogP contribution in [-0.4, -0.2) is 75.2 Å². The second kappa shape index (κ2) is 15.6. The van der Waals surface area contributed by atoms with E-state index >= 15 is 0 Å². The van der Waals surface area contributed by atoms with Crippen molar-refractivity contribution < 1.29 is 38.4 Å². The van der Waals surface area contributed by atoms with Crippen LogP contribution in [-0.2, 0) is 19.0 Å². The highest BCUT2D eigenvalue weighted by Crippen LogP contribution is 2.59. The summed E-state index contributed by atoms with van der Waals surface area (Å²) < 4.78 is 41.0. The van der Waals surface area contributed by atoms with Gasteiger partial charge >= 0.3 is 6.18 Å². The van der Waals surface area contributed by atoms with E-state index in [1.165, 1.54) is 17.0 Å². The lowest BCUT2D eigenvalue weighted by Crippen LogP contribution is -2.54. The zero-order valence-corrected chi connectivity index (χ0v) is 29.1. The van der Waals surface area contributed by atoms with Crippen molar-refractivity contribution in [3.63, 3.8) is 0 Å². The molecule has 3 aromatic rings. The van der Waals surface area contributed by atoms with Crippen LogP contribution >= 0.6 is 11.3 Å². The van der Waals surface area contributed by atoms with Crippen LogP contribution in [0.5, 0.6) is 0 Å². The SMILES string of the molecule is CC1=CCCC2(C)C(CCC2(O)CN(CCc2cccs2)CC(O)CO)c2ccc(cc2C(=O)c2cccc(C(F)(F)F)c2)CC(O)CC1. The summed E-state index contributed by atoms with van der Waals surface area (Å²) in [6.45, 7) is 4.68. The molecular weight excluding hydrogens is 651 g/mol. The number of allylic oxidation sites excluding steroid dienone is 2. The van der Waals surface area contributed by atoms with Gasteiger partial charge in [-0.3, -0.25) is 9.69 Å². The van der Waals surface area contributed by atoms with E-state index in [9.17, 15) is 38.4 Å². The van der Waals surface area contributed by atoms with E-state index < -0.39 is 47.4 Å². The maximum Gasteiger partial charge on any atom is 0.416 e. The van der Waals surface area contributed by atoms with Crippen molar-refractivity contribution in [3.8, 4) is 0 Å². The molecule has 5 unspecified atom stereocenters. The number of hydrogen-bond donors (Lipinski definition) is 4. The highest BCUT2D eigenvalue weighted by Gasteiger charge is 2.57. The van der Waals surface area contributed by atoms with Gasteiger partial charge in [0.1, 0.15) is 0 Å². The summed E-state index contributed by atoms with van der Waals surface area (Å²) in [5.41, 5.74) is -0.135. The van der Waals surface area contributed by atoms with Crippen LogP contribution in [0.3, 0.4) is 0 Å². The molecule has 0 aliphatic heterocycles. The van der Waals surface area contributed by atoms with Gasteiger partial charge in [-0.25, -0.2) is 0 Å². The second-order valence-corrected chi connectivity index (χ2v) is 15.3. The first-order chi connectivity index (χ1) is 23.2. The molecule has 10 heteroatoms. The van der Waals surface area contributed by atoms with Crippen LogP contribution in [0.4, 0.5) is 13.2 Å². The first-order valence-corrected chi connectivity index (χ1v) is 18.0. The Morgan fingerprint density at radius 2 is 1.90 bits per heavy atom. The van der Waals surface area contributed by atoms with Gasteiger partial charge in [0.25, 0.3) is 0 Å². The van der Waals surface area contributed by atoms with Crippen LogP contribution in [0, 0.1) is 5.41 Å². The summed E-state index contributed by atoms with van der Waals surface area (Å²) in [4.78, 5) is 17.4. The molecule has 0 spiro atoms. The van der Waals surface area contributed by atoms with Crippen LogP contribution in [0.15, 0.2) is 71.6 Å². The number of thiophene rings is 1. The van der Waals surface area contributed by atoms with Gasteiger partial charge in [0.15, 0.2) is 5.78 Å². The molecule has 6 nitrogen and oxygen atoms in total. The average Bonchev–Trinajstić information content (AvgIpc) is 3.67. The number of carbonyl (C=O) groups excluding carboxylic acids is 1. The van der Waals surface area contributed by atoms with Gasteiger partial charge in [-0.05, 0) is 105 Å². The fourth-order valence-electron chi connectivity index (χ4n) is 7.87. The molecule has 6 rings (SSSR count). The molecule has 0 amide bonds. The molecule has 1 heterocycles. The van der Waals surface area contributed by atoms with Gasteiger partial charge in [0.05, 0.1) is 30.0 Å². The first-order valence-electron chi connectivity index (χ1n) is 17.2. The van der Waals surface area contributed by atoms with Crippen molar-refractivity contribution in [2.24, 2.45) is 5.41 Å². The number of nitrogens with zero attached hydrogens (tertiary/aromatic N) is 1. The molecule has 1 saturated carbocycles. The van der Waals surface area contributed by atoms with E-state index in [-0.39, 0.29) is 24.6 Å². The zero-order valence-electron chi connectivity index (χ0n) is 28.3. The Hall–Kier alpha value is -2.86. The van der Waals surface area contributed by atoms with Gasteiger partial charge in [-0.2, -0.15) is 13.2 Å². The molecule has 3 aliphatic carbocycles. The second-order valence-electron chi connectivity index (χ2n) is 14.3. The van der Waals surface area contributed by atoms with Crippen LogP contribution in [0.1, 0.15) is 95.8 Å². The number of hydrogen-bond acceptors (Lipinski definition) is 7. The van der Waals surface area contributed by atoms with Gasteiger partial charge in [0.2, 0.25) is 0 Å². The first kappa shape index (κ1) is 37.4. The van der Waals surface area contributed by atoms with E-state index in [0.717, 1.165) is 29.7 Å². The van der Waals surface area contributed by atoms with Gasteiger partial charge in [-0.1, -0.05) is 48.9 Å². The van der Waals surface area contributed by atoms with Crippen LogP contribution in [0.25, 0.3) is 0 Å². The predicted octanol–water partition coefficient (Wildman–Crippen LogP) is 6.93. The smallest absolute Gasteiger partial charge is 0.394 e. The van der Waals surface area contributed by atoms with E-state index in [0.29, 0.717) is 62.6 Å². The highest BCUT2D eigenvalue weighted by molar-refractivity contribution is 7.09. The number of halogens is 3. The Labute approximate surface area is 290 Å². The molecule has 3 aliphatic rings. The standard InChI is InChI=1S/C39H48F3NO5S/c1-26-6-4-16-37(2)35(14-17-38(37,48)25-43(23-31(46)24-44)18-15-32-9-5-19-49-32)33-13-11-27(20-30(45)12-10-26)21-34(33)36(47)28-7-3-8-29(22-28)39(40,41)42/h3,5-9,11,13,19,21-22,30-31,35,44-46,48H,4,10,12,14-18,20,23-25H2,1-2H3. The van der Waals surface area contributed by atoms with Crippen molar-refractivity contribution >= 4 is 17.1 Å². The average molecular weight is 700 g/mol. The largest absolute Gasteiger partial charge is 0.416 e. The Balaban J connectivity index is 1.57. The Morgan fingerprint density at radius 3 is 2.61 bits per heavy atom. The van der Waals surface area contributed by atoms with Gasteiger partial charge in [0, 0.05) is 41.1 Å². The summed E-state index contributed by atoms with van der Waals surface area (Å²) >= 11 is 1.64. The molecule has 266 valence electrons. The summed E-state index contributed by atoms with van der Waals surface area (Å²) in [7, 11) is 0. The lowest BCUT2D eigenvalue weighted by Gasteiger charge is -2.46. The number of rotatable bonds is 10. The molecule has 5 atom stereocenters. The number of benzene rings is 2. The zero-order chi connectivity index (χ0) is 35.4. The minimum atomic E-state index is -4.61.